The molecule has 0 bridgehead atoms. The van der Waals surface area contributed by atoms with E-state index in [0.717, 1.165) is 33.9 Å². The maximum absolute atomic E-state index is 9.50. The molecule has 0 unspecified atom stereocenters. The molecule has 24 heavy (non-hydrogen) atoms. The number of rotatable bonds is 2. The fourth-order valence-corrected chi connectivity index (χ4v) is 3.75. The summed E-state index contributed by atoms with van der Waals surface area (Å²) < 4.78 is 2.26. The van der Waals surface area contributed by atoms with Gasteiger partial charge in [0.2, 0.25) is 0 Å². The van der Waals surface area contributed by atoms with Crippen LogP contribution in [0.25, 0.3) is 27.5 Å². The van der Waals surface area contributed by atoms with Gasteiger partial charge in [0.1, 0.15) is 0 Å². The lowest BCUT2D eigenvalue weighted by molar-refractivity contribution is 0.426. The zero-order valence-electron chi connectivity index (χ0n) is 13.1. The molecule has 1 aliphatic carbocycles. The van der Waals surface area contributed by atoms with E-state index in [1.165, 1.54) is 17.5 Å². The first-order chi connectivity index (χ1) is 11.7. The third-order valence-corrected chi connectivity index (χ3v) is 5.11. The molecule has 4 aromatic rings. The maximum atomic E-state index is 9.50. The minimum Gasteiger partial charge on any atom is -0.423 e. The normalized spacial score (nSPS) is 13.1. The summed E-state index contributed by atoms with van der Waals surface area (Å²) in [4.78, 5) is 0. The van der Waals surface area contributed by atoms with Gasteiger partial charge in [-0.3, -0.25) is 0 Å². The molecule has 3 aromatic carbocycles. The number of para-hydroxylation sites is 1. The molecule has 1 aromatic heterocycles. The Kier molecular flexibility index (Phi) is 2.87. The lowest BCUT2D eigenvalue weighted by atomic mass is 9.80. The van der Waals surface area contributed by atoms with Crippen LogP contribution in [0.3, 0.4) is 0 Å². The van der Waals surface area contributed by atoms with Crippen LogP contribution in [0, 0.1) is 0 Å². The topological polar surface area (TPSA) is 45.4 Å². The van der Waals surface area contributed by atoms with E-state index in [9.17, 15) is 10.0 Å². The Labute approximate surface area is 139 Å². The molecule has 0 saturated heterocycles. The molecule has 1 heterocycles. The van der Waals surface area contributed by atoms with Crippen LogP contribution >= 0.6 is 0 Å². The quantitative estimate of drug-likeness (QED) is 0.559. The third kappa shape index (κ3) is 1.87. The summed E-state index contributed by atoms with van der Waals surface area (Å²) in [6, 6.07) is 20.6. The Balaban J connectivity index is 1.87. The maximum Gasteiger partial charge on any atom is 0.488 e. The molecule has 116 valence electrons. The molecule has 4 heteroatoms. The molecule has 0 spiro atoms. The predicted octanol–water partition coefficient (Wildman–Crippen LogP) is 2.56. The fraction of sp³-hybridized carbons (Fsp3) is 0.100. The Morgan fingerprint density at radius 2 is 1.54 bits per heavy atom. The van der Waals surface area contributed by atoms with E-state index < -0.39 is 7.12 Å². The molecule has 2 N–H and O–H groups in total. The number of benzene rings is 3. The Hall–Kier alpha value is -2.56. The molecule has 0 saturated carbocycles. The summed E-state index contributed by atoms with van der Waals surface area (Å²) in [6.07, 6.45) is 2.34. The van der Waals surface area contributed by atoms with Gasteiger partial charge in [-0.1, -0.05) is 36.4 Å². The lowest BCUT2D eigenvalue weighted by Gasteiger charge is -2.20. The van der Waals surface area contributed by atoms with Gasteiger partial charge in [-0.15, -0.1) is 0 Å². The van der Waals surface area contributed by atoms with Crippen LogP contribution in [0.4, 0.5) is 0 Å². The van der Waals surface area contributed by atoms with Crippen LogP contribution in [-0.4, -0.2) is 21.7 Å². The molecule has 5 rings (SSSR count). The van der Waals surface area contributed by atoms with Crippen molar-refractivity contribution in [3.05, 3.63) is 71.8 Å². The second-order valence-electron chi connectivity index (χ2n) is 6.46. The highest BCUT2D eigenvalue weighted by molar-refractivity contribution is 6.59. The molecular weight excluding hydrogens is 297 g/mol. The SMILES string of the molecule is OB(O)c1ccc2c(c1)c1ccccc1n2-c1ccc2c(c1)CC2. The van der Waals surface area contributed by atoms with Crippen molar-refractivity contribution in [3.63, 3.8) is 0 Å². The molecule has 3 nitrogen and oxygen atoms in total. The summed E-state index contributed by atoms with van der Waals surface area (Å²) in [7, 11) is -1.45. The Morgan fingerprint density at radius 3 is 2.29 bits per heavy atom. The van der Waals surface area contributed by atoms with Gasteiger partial charge in [-0.05, 0) is 53.7 Å². The van der Waals surface area contributed by atoms with Gasteiger partial charge >= 0.3 is 7.12 Å². The van der Waals surface area contributed by atoms with E-state index in [-0.39, 0.29) is 0 Å². The minimum atomic E-state index is -1.45. The van der Waals surface area contributed by atoms with E-state index in [1.807, 2.05) is 24.3 Å². The van der Waals surface area contributed by atoms with Crippen molar-refractivity contribution in [3.8, 4) is 5.69 Å². The number of hydrogen-bond donors (Lipinski definition) is 2. The summed E-state index contributed by atoms with van der Waals surface area (Å²) in [5.41, 5.74) is 6.78. The van der Waals surface area contributed by atoms with Crippen LogP contribution in [0.5, 0.6) is 0 Å². The van der Waals surface area contributed by atoms with Gasteiger partial charge in [0.05, 0.1) is 11.0 Å². The largest absolute Gasteiger partial charge is 0.488 e. The van der Waals surface area contributed by atoms with Crippen LogP contribution in [-0.2, 0) is 12.8 Å². The molecule has 1 aliphatic rings. The summed E-state index contributed by atoms with van der Waals surface area (Å²) >= 11 is 0. The second-order valence-corrected chi connectivity index (χ2v) is 6.46. The first-order valence-electron chi connectivity index (χ1n) is 8.24. The highest BCUT2D eigenvalue weighted by Gasteiger charge is 2.18. The number of nitrogens with zero attached hydrogens (tertiary/aromatic N) is 1. The van der Waals surface area contributed by atoms with Crippen molar-refractivity contribution in [2.75, 3.05) is 0 Å². The average Bonchev–Trinajstić information content (AvgIpc) is 2.90. The van der Waals surface area contributed by atoms with Crippen LogP contribution < -0.4 is 5.46 Å². The minimum absolute atomic E-state index is 0.516. The third-order valence-electron chi connectivity index (χ3n) is 5.11. The molecule has 0 atom stereocenters. The number of aryl methyl sites for hydroxylation is 2. The van der Waals surface area contributed by atoms with Crippen molar-refractivity contribution in [1.29, 1.82) is 0 Å². The number of hydrogen-bond acceptors (Lipinski definition) is 2. The highest BCUT2D eigenvalue weighted by Crippen LogP contribution is 2.33. The summed E-state index contributed by atoms with van der Waals surface area (Å²) in [6.45, 7) is 0. The van der Waals surface area contributed by atoms with Crippen LogP contribution in [0.1, 0.15) is 11.1 Å². The smallest absolute Gasteiger partial charge is 0.423 e. The number of fused-ring (bicyclic) bond motifs is 4. The predicted molar refractivity (Wildman–Crippen MR) is 98.0 cm³/mol. The molecule has 0 aliphatic heterocycles. The van der Waals surface area contributed by atoms with Crippen LogP contribution in [0.2, 0.25) is 0 Å². The first-order valence-corrected chi connectivity index (χ1v) is 8.24. The standard InChI is InChI=1S/C20H16BNO2/c23-21(24)15-8-10-20-18(12-15)17-3-1-2-4-19(17)22(20)16-9-7-13-5-6-14(13)11-16/h1-4,7-12,23-24H,5-6H2. The zero-order valence-corrected chi connectivity index (χ0v) is 13.1. The highest BCUT2D eigenvalue weighted by atomic mass is 16.4. The van der Waals surface area contributed by atoms with E-state index in [4.69, 9.17) is 0 Å². The van der Waals surface area contributed by atoms with Crippen LogP contribution in [0.15, 0.2) is 60.7 Å². The Morgan fingerprint density at radius 1 is 0.750 bits per heavy atom. The average molecular weight is 313 g/mol. The van der Waals surface area contributed by atoms with E-state index in [1.54, 1.807) is 6.07 Å². The van der Waals surface area contributed by atoms with Gasteiger partial charge in [0, 0.05) is 16.5 Å². The first kappa shape index (κ1) is 13.8. The van der Waals surface area contributed by atoms with E-state index >= 15 is 0 Å². The van der Waals surface area contributed by atoms with Crippen molar-refractivity contribution >= 4 is 34.4 Å². The van der Waals surface area contributed by atoms with E-state index in [2.05, 4.69) is 34.9 Å². The van der Waals surface area contributed by atoms with Crippen molar-refractivity contribution in [2.45, 2.75) is 12.8 Å². The van der Waals surface area contributed by atoms with Crippen molar-refractivity contribution in [2.24, 2.45) is 0 Å². The van der Waals surface area contributed by atoms with Gasteiger partial charge in [-0.2, -0.15) is 0 Å². The molecular formula is C20H16BNO2. The van der Waals surface area contributed by atoms with Gasteiger partial charge in [-0.25, -0.2) is 0 Å². The zero-order chi connectivity index (χ0) is 16.3. The second kappa shape index (κ2) is 4.97. The Bertz CT molecular complexity index is 1100. The summed E-state index contributed by atoms with van der Waals surface area (Å²) in [5, 5.41) is 21.2. The number of aromatic nitrogens is 1. The lowest BCUT2D eigenvalue weighted by Crippen LogP contribution is -2.29. The van der Waals surface area contributed by atoms with Gasteiger partial charge < -0.3 is 14.6 Å². The molecule has 0 amide bonds. The fourth-order valence-electron chi connectivity index (χ4n) is 3.75. The monoisotopic (exact) mass is 313 g/mol. The summed E-state index contributed by atoms with van der Waals surface area (Å²) in [5.74, 6) is 0. The van der Waals surface area contributed by atoms with Crippen molar-refractivity contribution in [1.82, 2.24) is 4.57 Å². The van der Waals surface area contributed by atoms with Gasteiger partial charge in [0.25, 0.3) is 0 Å². The molecule has 0 radical (unpaired) electrons. The van der Waals surface area contributed by atoms with Crippen molar-refractivity contribution < 1.29 is 10.0 Å². The van der Waals surface area contributed by atoms with Gasteiger partial charge in [0.15, 0.2) is 0 Å². The van der Waals surface area contributed by atoms with E-state index in [0.29, 0.717) is 5.46 Å². The molecule has 0 fully saturated rings.